The van der Waals surface area contributed by atoms with Gasteiger partial charge in [-0.25, -0.2) is 4.98 Å². The Morgan fingerprint density at radius 3 is 2.56 bits per heavy atom. The van der Waals surface area contributed by atoms with E-state index in [1.165, 1.54) is 15.3 Å². The maximum atomic E-state index is 6.05. The first-order chi connectivity index (χ1) is 15.5. The second-order valence-corrected chi connectivity index (χ2v) is 10.1. The highest BCUT2D eigenvalue weighted by atomic mass is 35.5. The van der Waals surface area contributed by atoms with Crippen LogP contribution in [0.2, 0.25) is 5.02 Å². The SMILES string of the molecule is CCc1c(C)sc2c1CCN(Cc1nc(-c3ccc(Cl)cc3)oc1C)[C@@H]2c1ccccc1. The molecule has 0 fully saturated rings. The van der Waals surface area contributed by atoms with E-state index >= 15 is 0 Å². The molecule has 0 radical (unpaired) electrons. The predicted molar refractivity (Wildman–Crippen MR) is 133 cm³/mol. The molecule has 0 saturated heterocycles. The van der Waals surface area contributed by atoms with Crippen LogP contribution in [-0.4, -0.2) is 16.4 Å². The molecule has 3 heterocycles. The lowest BCUT2D eigenvalue weighted by molar-refractivity contribution is 0.204. The van der Waals surface area contributed by atoms with E-state index in [1.807, 2.05) is 42.5 Å². The molecule has 1 aliphatic heterocycles. The van der Waals surface area contributed by atoms with Crippen LogP contribution in [0.15, 0.2) is 59.0 Å². The summed E-state index contributed by atoms with van der Waals surface area (Å²) in [5.74, 6) is 1.53. The first kappa shape index (κ1) is 21.4. The van der Waals surface area contributed by atoms with Crippen molar-refractivity contribution in [3.8, 4) is 11.5 Å². The molecule has 0 spiro atoms. The Hall–Kier alpha value is -2.40. The van der Waals surface area contributed by atoms with Gasteiger partial charge in [0.25, 0.3) is 0 Å². The molecular formula is C27H27ClN2OS. The zero-order valence-corrected chi connectivity index (χ0v) is 20.3. The summed E-state index contributed by atoms with van der Waals surface area (Å²) in [6.45, 7) is 8.34. The lowest BCUT2D eigenvalue weighted by Gasteiger charge is -2.36. The summed E-state index contributed by atoms with van der Waals surface area (Å²) < 4.78 is 6.05. The Balaban J connectivity index is 1.51. The summed E-state index contributed by atoms with van der Waals surface area (Å²) in [6.07, 6.45) is 2.19. The van der Waals surface area contributed by atoms with Crippen molar-refractivity contribution < 1.29 is 4.42 Å². The molecule has 0 N–H and O–H groups in total. The first-order valence-corrected chi connectivity index (χ1v) is 12.4. The van der Waals surface area contributed by atoms with Gasteiger partial charge in [0.2, 0.25) is 5.89 Å². The topological polar surface area (TPSA) is 29.3 Å². The van der Waals surface area contributed by atoms with Gasteiger partial charge in [-0.3, -0.25) is 4.90 Å². The molecule has 0 saturated carbocycles. The van der Waals surface area contributed by atoms with E-state index in [2.05, 4.69) is 49.1 Å². The van der Waals surface area contributed by atoms with E-state index < -0.39 is 0 Å². The molecule has 1 aliphatic rings. The third kappa shape index (κ3) is 3.92. The molecule has 0 amide bonds. The molecule has 5 heteroatoms. The van der Waals surface area contributed by atoms with Gasteiger partial charge in [-0.2, -0.15) is 0 Å². The van der Waals surface area contributed by atoms with Crippen molar-refractivity contribution in [2.75, 3.05) is 6.54 Å². The van der Waals surface area contributed by atoms with Crippen LogP contribution in [0.4, 0.5) is 0 Å². The van der Waals surface area contributed by atoms with Gasteiger partial charge < -0.3 is 4.42 Å². The summed E-state index contributed by atoms with van der Waals surface area (Å²) >= 11 is 8.01. The van der Waals surface area contributed by atoms with Gasteiger partial charge in [0.15, 0.2) is 0 Å². The summed E-state index contributed by atoms with van der Waals surface area (Å²) in [7, 11) is 0. The normalized spacial score (nSPS) is 16.3. The number of nitrogens with zero attached hydrogens (tertiary/aromatic N) is 2. The van der Waals surface area contributed by atoms with Crippen LogP contribution in [0.1, 0.15) is 50.9 Å². The van der Waals surface area contributed by atoms with Crippen molar-refractivity contribution in [1.29, 1.82) is 0 Å². The Kier molecular flexibility index (Phi) is 5.93. The largest absolute Gasteiger partial charge is 0.441 e. The number of hydrogen-bond acceptors (Lipinski definition) is 4. The molecule has 0 aliphatic carbocycles. The van der Waals surface area contributed by atoms with E-state index in [0.717, 1.165) is 42.9 Å². The van der Waals surface area contributed by atoms with E-state index in [9.17, 15) is 0 Å². The van der Waals surface area contributed by atoms with Crippen molar-refractivity contribution in [2.24, 2.45) is 0 Å². The highest BCUT2D eigenvalue weighted by Crippen LogP contribution is 2.43. The number of benzene rings is 2. The number of thiophene rings is 1. The maximum absolute atomic E-state index is 6.05. The number of aromatic nitrogens is 1. The van der Waals surface area contributed by atoms with Crippen molar-refractivity contribution in [3.63, 3.8) is 0 Å². The van der Waals surface area contributed by atoms with Gasteiger partial charge in [0.05, 0.1) is 11.7 Å². The van der Waals surface area contributed by atoms with E-state index in [4.69, 9.17) is 21.0 Å². The minimum Gasteiger partial charge on any atom is -0.441 e. The standard InChI is InChI=1S/C27H27ClN2OS/c1-4-22-18(3)32-26-23(22)14-15-30(25(26)19-8-6-5-7-9-19)16-24-17(2)31-27(29-24)20-10-12-21(28)13-11-20/h5-13,25H,4,14-16H2,1-3H3/t25-/m1/s1. The summed E-state index contributed by atoms with van der Waals surface area (Å²) in [4.78, 5) is 10.4. The Bertz CT molecular complexity index is 1230. The second-order valence-electron chi connectivity index (χ2n) is 8.40. The van der Waals surface area contributed by atoms with Gasteiger partial charge in [-0.1, -0.05) is 48.9 Å². The van der Waals surface area contributed by atoms with Crippen LogP contribution in [0.25, 0.3) is 11.5 Å². The quantitative estimate of drug-likeness (QED) is 0.309. The lowest BCUT2D eigenvalue weighted by Crippen LogP contribution is -2.35. The first-order valence-electron chi connectivity index (χ1n) is 11.2. The Morgan fingerprint density at radius 1 is 1.09 bits per heavy atom. The van der Waals surface area contributed by atoms with E-state index in [0.29, 0.717) is 10.9 Å². The third-order valence-corrected chi connectivity index (χ3v) is 7.91. The molecule has 0 bridgehead atoms. The van der Waals surface area contributed by atoms with Crippen LogP contribution in [-0.2, 0) is 19.4 Å². The minimum atomic E-state index is 0.249. The van der Waals surface area contributed by atoms with E-state index in [1.54, 1.807) is 11.1 Å². The zero-order valence-electron chi connectivity index (χ0n) is 18.7. The predicted octanol–water partition coefficient (Wildman–Crippen LogP) is 7.38. The molecule has 1 atom stereocenters. The number of hydrogen-bond donors (Lipinski definition) is 0. The molecule has 0 unspecified atom stereocenters. The van der Waals surface area contributed by atoms with Crippen molar-refractivity contribution >= 4 is 22.9 Å². The zero-order chi connectivity index (χ0) is 22.2. The lowest BCUT2D eigenvalue weighted by atomic mass is 9.91. The van der Waals surface area contributed by atoms with Gasteiger partial charge in [-0.15, -0.1) is 11.3 Å². The third-order valence-electron chi connectivity index (χ3n) is 6.42. The summed E-state index contributed by atoms with van der Waals surface area (Å²) in [5, 5.41) is 0.713. The van der Waals surface area contributed by atoms with Crippen LogP contribution < -0.4 is 0 Å². The molecule has 4 aromatic rings. The fraction of sp³-hybridized carbons (Fsp3) is 0.296. The van der Waals surface area contributed by atoms with Crippen LogP contribution in [0, 0.1) is 13.8 Å². The van der Waals surface area contributed by atoms with Crippen molar-refractivity contribution in [3.05, 3.63) is 97.5 Å². The van der Waals surface area contributed by atoms with Crippen LogP contribution >= 0.6 is 22.9 Å². The van der Waals surface area contributed by atoms with E-state index in [-0.39, 0.29) is 6.04 Å². The monoisotopic (exact) mass is 462 g/mol. The molecule has 5 rings (SSSR count). The number of halogens is 1. The highest BCUT2D eigenvalue weighted by Gasteiger charge is 2.33. The molecule has 2 aromatic carbocycles. The smallest absolute Gasteiger partial charge is 0.226 e. The highest BCUT2D eigenvalue weighted by molar-refractivity contribution is 7.12. The molecule has 2 aromatic heterocycles. The number of aryl methyl sites for hydroxylation is 2. The molecule has 164 valence electrons. The number of fused-ring (bicyclic) bond motifs is 1. The van der Waals surface area contributed by atoms with Crippen molar-refractivity contribution in [1.82, 2.24) is 9.88 Å². The Labute approximate surface area is 198 Å². The summed E-state index contributed by atoms with van der Waals surface area (Å²) in [6, 6.07) is 18.8. The van der Waals surface area contributed by atoms with Crippen LogP contribution in [0.5, 0.6) is 0 Å². The molecule has 3 nitrogen and oxygen atoms in total. The fourth-order valence-corrected chi connectivity index (χ4v) is 6.40. The maximum Gasteiger partial charge on any atom is 0.226 e. The van der Waals surface area contributed by atoms with Crippen LogP contribution in [0.3, 0.4) is 0 Å². The fourth-order valence-electron chi connectivity index (χ4n) is 4.81. The summed E-state index contributed by atoms with van der Waals surface area (Å²) in [5.41, 5.74) is 6.41. The van der Waals surface area contributed by atoms with Crippen molar-refractivity contribution in [2.45, 2.75) is 46.2 Å². The van der Waals surface area contributed by atoms with Gasteiger partial charge in [0, 0.05) is 33.4 Å². The van der Waals surface area contributed by atoms with Gasteiger partial charge >= 0.3 is 0 Å². The minimum absolute atomic E-state index is 0.249. The molecular weight excluding hydrogens is 436 g/mol. The number of rotatable bonds is 5. The Morgan fingerprint density at radius 2 is 1.84 bits per heavy atom. The number of oxazole rings is 1. The second kappa shape index (κ2) is 8.86. The van der Waals surface area contributed by atoms with Gasteiger partial charge in [-0.05, 0) is 67.6 Å². The molecule has 32 heavy (non-hydrogen) atoms. The average Bonchev–Trinajstić information content (AvgIpc) is 3.33. The van der Waals surface area contributed by atoms with Gasteiger partial charge in [0.1, 0.15) is 5.76 Å². The average molecular weight is 463 g/mol.